The van der Waals surface area contributed by atoms with E-state index in [0.717, 1.165) is 5.56 Å². The smallest absolute Gasteiger partial charge is 0.308 e. The van der Waals surface area contributed by atoms with Gasteiger partial charge in [0.15, 0.2) is 0 Å². The first-order chi connectivity index (χ1) is 14.8. The van der Waals surface area contributed by atoms with E-state index >= 15 is 0 Å². The second-order valence-corrected chi connectivity index (χ2v) is 10.7. The number of aromatic amines is 1. The van der Waals surface area contributed by atoms with Crippen LogP contribution in [0.25, 0.3) is 0 Å². The molecule has 1 aromatic carbocycles. The van der Waals surface area contributed by atoms with Crippen LogP contribution in [0.4, 0.5) is 11.4 Å². The van der Waals surface area contributed by atoms with Crippen molar-refractivity contribution in [3.63, 3.8) is 0 Å². The van der Waals surface area contributed by atoms with Gasteiger partial charge in [0.25, 0.3) is 5.56 Å². The van der Waals surface area contributed by atoms with Gasteiger partial charge < -0.3 is 21.2 Å². The molecule has 10 heteroatoms. The predicted octanol–water partition coefficient (Wildman–Crippen LogP) is 2.34. The van der Waals surface area contributed by atoms with Crippen LogP contribution >= 0.6 is 0 Å². The summed E-state index contributed by atoms with van der Waals surface area (Å²) in [5.41, 5.74) is 11.8. The van der Waals surface area contributed by atoms with E-state index in [1.807, 2.05) is 34.6 Å². The number of esters is 1. The maximum Gasteiger partial charge on any atom is 0.308 e. The van der Waals surface area contributed by atoms with Gasteiger partial charge in [-0.3, -0.25) is 9.59 Å². The largest absolute Gasteiger partial charge is 0.460 e. The fraction of sp³-hybridized carbons (Fsp3) is 0.409. The topological polar surface area (TPSA) is 144 Å². The molecule has 2 aromatic rings. The lowest BCUT2D eigenvalue weighted by Crippen LogP contribution is -2.44. The highest BCUT2D eigenvalue weighted by molar-refractivity contribution is 7.83. The molecular formula is C22H29N5O4S. The van der Waals surface area contributed by atoms with Gasteiger partial charge in [0.2, 0.25) is 0 Å². The number of benzene rings is 1. The Labute approximate surface area is 189 Å². The fourth-order valence-electron chi connectivity index (χ4n) is 3.47. The third kappa shape index (κ3) is 5.08. The summed E-state index contributed by atoms with van der Waals surface area (Å²) in [6.45, 7) is 9.53. The number of nitrogens with one attached hydrogen (secondary N) is 1. The molecule has 1 atom stereocenters. The first-order valence-electron chi connectivity index (χ1n) is 10.1. The first-order valence-corrected chi connectivity index (χ1v) is 11.3. The summed E-state index contributed by atoms with van der Waals surface area (Å²) in [4.78, 5) is 31.9. The molecule has 1 aliphatic heterocycles. The van der Waals surface area contributed by atoms with Crippen LogP contribution in [0.5, 0.6) is 0 Å². The number of carbonyl (C=O) groups excluding carboxylic acids is 1. The van der Waals surface area contributed by atoms with Gasteiger partial charge in [-0.25, -0.2) is 13.5 Å². The molecule has 0 bridgehead atoms. The molecule has 5 N–H and O–H groups in total. The number of anilines is 1. The van der Waals surface area contributed by atoms with Crippen molar-refractivity contribution in [2.45, 2.75) is 63.6 Å². The lowest BCUT2D eigenvalue weighted by molar-refractivity contribution is -0.157. The number of hydrogen-bond donors (Lipinski definition) is 3. The summed E-state index contributed by atoms with van der Waals surface area (Å²) in [5, 5.41) is 0. The third-order valence-electron chi connectivity index (χ3n) is 4.92. The Bertz CT molecular complexity index is 1160. The van der Waals surface area contributed by atoms with E-state index in [1.165, 1.54) is 12.3 Å². The minimum absolute atomic E-state index is 0.00877. The predicted molar refractivity (Wildman–Crippen MR) is 125 cm³/mol. The van der Waals surface area contributed by atoms with Crippen LogP contribution in [-0.4, -0.2) is 36.4 Å². The maximum absolute atomic E-state index is 13.1. The standard InChI is InChI=1S/C22H29N5O4S/c1-21(2,3)31-17(28)11-22(4,5)27-12-13-10-14(6-7-16(13)32(27)30)26-19(24)18-15(23)8-9-25-20(18)29/h6-10H,11-12H2,1-5H3,(H2,24,26)(H3,23,25,29). The highest BCUT2D eigenvalue weighted by atomic mass is 32.2. The number of pyridine rings is 1. The van der Waals surface area contributed by atoms with Crippen molar-refractivity contribution in [2.75, 3.05) is 5.73 Å². The minimum atomic E-state index is -1.44. The number of ether oxygens (including phenoxy) is 1. The molecule has 0 fully saturated rings. The van der Waals surface area contributed by atoms with Crippen molar-refractivity contribution in [1.82, 2.24) is 9.29 Å². The van der Waals surface area contributed by atoms with Gasteiger partial charge in [-0.05, 0) is 64.4 Å². The zero-order valence-electron chi connectivity index (χ0n) is 18.9. The number of aliphatic imine (C=N–C) groups is 1. The Morgan fingerprint density at radius 3 is 2.56 bits per heavy atom. The molecule has 2 heterocycles. The Hall–Kier alpha value is -2.98. The first kappa shape index (κ1) is 23.7. The van der Waals surface area contributed by atoms with Crippen molar-refractivity contribution in [3.05, 3.63) is 51.9 Å². The molecule has 1 unspecified atom stereocenters. The van der Waals surface area contributed by atoms with Gasteiger partial charge in [-0.1, -0.05) is 0 Å². The maximum atomic E-state index is 13.1. The number of hydrogen-bond acceptors (Lipinski definition) is 6. The summed E-state index contributed by atoms with van der Waals surface area (Å²) in [6, 6.07) is 6.72. The molecule has 0 amide bonds. The number of nitrogen functional groups attached to an aromatic ring is 1. The molecule has 1 aliphatic rings. The van der Waals surface area contributed by atoms with Gasteiger partial charge in [-0.15, -0.1) is 0 Å². The number of nitrogens with zero attached hydrogens (tertiary/aromatic N) is 2. The van der Waals surface area contributed by atoms with E-state index in [9.17, 15) is 13.8 Å². The molecule has 0 spiro atoms. The average molecular weight is 460 g/mol. The second kappa shape index (κ2) is 8.51. The molecule has 32 heavy (non-hydrogen) atoms. The van der Waals surface area contributed by atoms with Crippen LogP contribution < -0.4 is 17.0 Å². The van der Waals surface area contributed by atoms with E-state index in [2.05, 4.69) is 9.98 Å². The molecule has 1 aromatic heterocycles. The average Bonchev–Trinajstić information content (AvgIpc) is 2.96. The molecule has 0 radical (unpaired) electrons. The number of aromatic nitrogens is 1. The Morgan fingerprint density at radius 2 is 1.94 bits per heavy atom. The lowest BCUT2D eigenvalue weighted by atomic mass is 10.00. The Morgan fingerprint density at radius 1 is 1.25 bits per heavy atom. The number of carbonyl (C=O) groups is 1. The summed E-state index contributed by atoms with van der Waals surface area (Å²) in [7, 11) is -1.44. The quantitative estimate of drug-likeness (QED) is 0.356. The van der Waals surface area contributed by atoms with Gasteiger partial charge in [-0.2, -0.15) is 0 Å². The van der Waals surface area contributed by atoms with Crippen molar-refractivity contribution >= 4 is 34.2 Å². The van der Waals surface area contributed by atoms with Crippen molar-refractivity contribution in [2.24, 2.45) is 10.7 Å². The van der Waals surface area contributed by atoms with Crippen molar-refractivity contribution in [3.8, 4) is 0 Å². The lowest BCUT2D eigenvalue weighted by Gasteiger charge is -2.33. The van der Waals surface area contributed by atoms with Gasteiger partial charge in [0, 0.05) is 24.0 Å². The van der Waals surface area contributed by atoms with Crippen molar-refractivity contribution < 1.29 is 13.7 Å². The number of rotatable bonds is 5. The summed E-state index contributed by atoms with van der Waals surface area (Å²) in [6.07, 6.45) is 1.53. The molecule has 9 nitrogen and oxygen atoms in total. The fourth-order valence-corrected chi connectivity index (χ4v) is 5.01. The van der Waals surface area contributed by atoms with E-state index in [1.54, 1.807) is 22.5 Å². The Kier molecular flexibility index (Phi) is 6.30. The molecule has 0 saturated carbocycles. The van der Waals surface area contributed by atoms with Gasteiger partial charge in [0.1, 0.15) is 28.0 Å². The van der Waals surface area contributed by atoms with Crippen LogP contribution in [-0.2, 0) is 27.1 Å². The second-order valence-electron chi connectivity index (χ2n) is 9.29. The van der Waals surface area contributed by atoms with Crippen molar-refractivity contribution in [1.29, 1.82) is 0 Å². The van der Waals surface area contributed by atoms with Gasteiger partial charge in [0.05, 0.1) is 17.0 Å². The molecule has 0 aliphatic carbocycles. The minimum Gasteiger partial charge on any atom is -0.460 e. The SMILES string of the molecule is CC(C)(C)OC(=O)CC(C)(C)N1Cc2cc(N=C(N)c3c(N)cc[nH]c3=O)ccc2S1=O. The monoisotopic (exact) mass is 459 g/mol. The molecule has 3 rings (SSSR count). The van der Waals surface area contributed by atoms with Crippen LogP contribution in [0.15, 0.2) is 45.1 Å². The molecular weight excluding hydrogens is 430 g/mol. The van der Waals surface area contributed by atoms with E-state index in [4.69, 9.17) is 16.2 Å². The summed E-state index contributed by atoms with van der Waals surface area (Å²) < 4.78 is 20.3. The highest BCUT2D eigenvalue weighted by Crippen LogP contribution is 2.36. The zero-order chi connectivity index (χ0) is 23.8. The van der Waals surface area contributed by atoms with Crippen LogP contribution in [0.1, 0.15) is 52.2 Å². The van der Waals surface area contributed by atoms with E-state index in [0.29, 0.717) is 17.1 Å². The zero-order valence-corrected chi connectivity index (χ0v) is 19.7. The normalized spacial score (nSPS) is 17.3. The summed E-state index contributed by atoms with van der Waals surface area (Å²) in [5.74, 6) is -0.357. The Balaban J connectivity index is 1.84. The number of fused-ring (bicyclic) bond motifs is 1. The molecule has 172 valence electrons. The highest BCUT2D eigenvalue weighted by Gasteiger charge is 2.40. The van der Waals surface area contributed by atoms with E-state index < -0.39 is 27.7 Å². The number of nitrogens with two attached hydrogens (primary N) is 2. The van der Waals surface area contributed by atoms with Crippen LogP contribution in [0, 0.1) is 0 Å². The van der Waals surface area contributed by atoms with Crippen LogP contribution in [0.2, 0.25) is 0 Å². The van der Waals surface area contributed by atoms with E-state index in [-0.39, 0.29) is 29.5 Å². The third-order valence-corrected chi connectivity index (χ3v) is 6.72. The summed E-state index contributed by atoms with van der Waals surface area (Å²) >= 11 is 0. The molecule has 0 saturated heterocycles. The van der Waals surface area contributed by atoms with Crippen LogP contribution in [0.3, 0.4) is 0 Å². The number of amidine groups is 1. The number of H-pyrrole nitrogens is 1. The van der Waals surface area contributed by atoms with Gasteiger partial charge >= 0.3 is 5.97 Å².